The number of carbonyl (C=O) groups is 1. The van der Waals surface area contributed by atoms with Crippen molar-refractivity contribution in [1.29, 1.82) is 0 Å². The second-order valence-corrected chi connectivity index (χ2v) is 11.1. The minimum Gasteiger partial charge on any atom is -0.497 e. The van der Waals surface area contributed by atoms with Gasteiger partial charge in [0.05, 0.1) is 45.8 Å². The lowest BCUT2D eigenvalue weighted by molar-refractivity contribution is -0.137. The van der Waals surface area contributed by atoms with Crippen molar-refractivity contribution < 1.29 is 22.7 Å². The average molecular weight is 565 g/mol. The number of carbonyl (C=O) groups excluding carboxylic acids is 1. The lowest BCUT2D eigenvalue weighted by Gasteiger charge is -2.14. The first-order valence-corrected chi connectivity index (χ1v) is 13.8. The van der Waals surface area contributed by atoms with Crippen LogP contribution in [0.5, 0.6) is 5.75 Å². The van der Waals surface area contributed by atoms with Gasteiger partial charge in [0.2, 0.25) is 5.91 Å². The molecule has 37 heavy (non-hydrogen) atoms. The van der Waals surface area contributed by atoms with Crippen LogP contribution in [0.15, 0.2) is 57.3 Å². The number of fused-ring (bicyclic) bond motifs is 2. The average Bonchev–Trinajstić information content (AvgIpc) is 3.50. The number of thioether (sulfide) groups is 2. The molecule has 0 saturated heterocycles. The van der Waals surface area contributed by atoms with Crippen LogP contribution in [0, 0.1) is 0 Å². The number of nitrogens with zero attached hydrogens (tertiary/aromatic N) is 3. The molecule has 0 spiro atoms. The molecule has 0 unspecified atom stereocenters. The lowest BCUT2D eigenvalue weighted by atomic mass is 10.2. The number of hydrogen-bond donors (Lipinski definition) is 1. The Bertz CT molecular complexity index is 1530. The van der Waals surface area contributed by atoms with Gasteiger partial charge in [-0.25, -0.2) is 9.97 Å². The zero-order valence-electron chi connectivity index (χ0n) is 19.3. The summed E-state index contributed by atoms with van der Waals surface area (Å²) in [4.78, 5) is 35.4. The summed E-state index contributed by atoms with van der Waals surface area (Å²) < 4.78 is 46.0. The van der Waals surface area contributed by atoms with Gasteiger partial charge in [-0.1, -0.05) is 35.2 Å². The van der Waals surface area contributed by atoms with Crippen molar-refractivity contribution in [2.24, 2.45) is 0 Å². The van der Waals surface area contributed by atoms with Crippen LogP contribution in [0.25, 0.3) is 10.2 Å². The van der Waals surface area contributed by atoms with Crippen LogP contribution in [0.3, 0.4) is 0 Å². The monoisotopic (exact) mass is 564 g/mol. The highest BCUT2D eigenvalue weighted by Crippen LogP contribution is 2.34. The molecule has 1 aliphatic rings. The molecule has 5 rings (SSSR count). The number of amides is 1. The molecule has 13 heteroatoms. The van der Waals surface area contributed by atoms with E-state index in [1.807, 2.05) is 24.3 Å². The predicted octanol–water partition coefficient (Wildman–Crippen LogP) is 5.31. The number of ether oxygens (including phenoxy) is 1. The van der Waals surface area contributed by atoms with E-state index in [9.17, 15) is 22.8 Å². The molecule has 1 N–H and O–H groups in total. The van der Waals surface area contributed by atoms with Gasteiger partial charge < -0.3 is 10.1 Å². The summed E-state index contributed by atoms with van der Waals surface area (Å²) in [6, 6.07) is 10.6. The largest absolute Gasteiger partial charge is 0.497 e. The van der Waals surface area contributed by atoms with E-state index in [4.69, 9.17) is 4.74 Å². The second-order valence-electron chi connectivity index (χ2n) is 8.04. The molecule has 0 atom stereocenters. The van der Waals surface area contributed by atoms with Gasteiger partial charge in [-0.2, -0.15) is 13.2 Å². The predicted molar refractivity (Wildman–Crippen MR) is 139 cm³/mol. The summed E-state index contributed by atoms with van der Waals surface area (Å²) in [6.45, 7) is 0.285. The van der Waals surface area contributed by atoms with Crippen LogP contribution >= 0.6 is 34.9 Å². The zero-order chi connectivity index (χ0) is 26.2. The molecule has 0 radical (unpaired) electrons. The van der Waals surface area contributed by atoms with Gasteiger partial charge in [0.1, 0.15) is 5.75 Å². The number of halogens is 3. The number of nitrogens with one attached hydrogen (secondary N) is 1. The van der Waals surface area contributed by atoms with E-state index in [0.717, 1.165) is 52.2 Å². The molecule has 2 aromatic heterocycles. The third-order valence-corrected chi connectivity index (χ3v) is 8.56. The van der Waals surface area contributed by atoms with Gasteiger partial charge in [-0.3, -0.25) is 14.2 Å². The fourth-order valence-electron chi connectivity index (χ4n) is 3.73. The van der Waals surface area contributed by atoms with Crippen LogP contribution in [0.1, 0.15) is 16.8 Å². The standard InChI is InChI=1S/C24H19F3N4O3S3/c1-34-15-5-2-13(3-6-15)11-31-21(33)20-17(8-9-35-20)29-23(31)36-12-19(32)30-22-28-16-7-4-14(24(25,26)27)10-18(16)37-22/h2-7,10H,8-9,11-12H2,1H3,(H,28,30,32). The molecule has 4 aromatic rings. The van der Waals surface area contributed by atoms with Crippen LogP contribution in [0.4, 0.5) is 18.3 Å². The molecular formula is C24H19F3N4O3S3. The maximum Gasteiger partial charge on any atom is 0.416 e. The first kappa shape index (κ1) is 25.6. The molecule has 2 aromatic carbocycles. The Labute approximate surface area is 221 Å². The third kappa shape index (κ3) is 5.63. The fraction of sp³-hybridized carbons (Fsp3) is 0.250. The summed E-state index contributed by atoms with van der Waals surface area (Å²) in [5.41, 5.74) is 1.07. The highest BCUT2D eigenvalue weighted by atomic mass is 32.2. The number of hydrogen-bond acceptors (Lipinski definition) is 8. The van der Waals surface area contributed by atoms with Crippen LogP contribution in [-0.2, 0) is 23.9 Å². The molecule has 0 saturated carbocycles. The first-order chi connectivity index (χ1) is 17.7. The Morgan fingerprint density at radius 1 is 1.19 bits per heavy atom. The molecule has 192 valence electrons. The first-order valence-electron chi connectivity index (χ1n) is 11.0. The Kier molecular flexibility index (Phi) is 7.19. The molecule has 0 aliphatic carbocycles. The van der Waals surface area contributed by atoms with Crippen molar-refractivity contribution in [3.63, 3.8) is 0 Å². The number of aromatic nitrogens is 3. The Morgan fingerprint density at radius 2 is 1.97 bits per heavy atom. The van der Waals surface area contributed by atoms with Gasteiger partial charge in [0.25, 0.3) is 5.56 Å². The molecule has 7 nitrogen and oxygen atoms in total. The van der Waals surface area contributed by atoms with Gasteiger partial charge in [-0.05, 0) is 35.9 Å². The van der Waals surface area contributed by atoms with Crippen LogP contribution in [-0.4, -0.2) is 39.1 Å². The van der Waals surface area contributed by atoms with E-state index < -0.39 is 17.6 Å². The quantitative estimate of drug-likeness (QED) is 0.241. The number of anilines is 1. The summed E-state index contributed by atoms with van der Waals surface area (Å²) in [5, 5.41) is 3.27. The molecular weight excluding hydrogens is 545 g/mol. The second kappa shape index (κ2) is 10.4. The van der Waals surface area contributed by atoms with Crippen molar-refractivity contribution in [3.8, 4) is 5.75 Å². The van der Waals surface area contributed by atoms with E-state index >= 15 is 0 Å². The maximum absolute atomic E-state index is 13.2. The van der Waals surface area contributed by atoms with Crippen molar-refractivity contribution >= 4 is 56.1 Å². The number of alkyl halides is 3. The lowest BCUT2D eigenvalue weighted by Crippen LogP contribution is -2.26. The van der Waals surface area contributed by atoms with Gasteiger partial charge in [0, 0.05) is 12.2 Å². The van der Waals surface area contributed by atoms with Gasteiger partial charge in [0.15, 0.2) is 10.3 Å². The summed E-state index contributed by atoms with van der Waals surface area (Å²) in [7, 11) is 1.58. The Balaban J connectivity index is 1.33. The smallest absolute Gasteiger partial charge is 0.416 e. The Morgan fingerprint density at radius 3 is 2.70 bits per heavy atom. The van der Waals surface area contributed by atoms with E-state index in [2.05, 4.69) is 15.3 Å². The fourth-order valence-corrected chi connectivity index (χ4v) is 6.51. The van der Waals surface area contributed by atoms with E-state index in [1.54, 1.807) is 11.7 Å². The zero-order valence-corrected chi connectivity index (χ0v) is 21.7. The molecule has 1 amide bonds. The molecule has 1 aliphatic heterocycles. The van der Waals surface area contributed by atoms with E-state index in [0.29, 0.717) is 32.4 Å². The van der Waals surface area contributed by atoms with Crippen molar-refractivity contribution in [3.05, 3.63) is 69.6 Å². The number of aryl methyl sites for hydroxylation is 1. The SMILES string of the molecule is COc1ccc(Cn2c(SCC(=O)Nc3nc4ccc(C(F)(F)F)cc4s3)nc3c(c2=O)SCC3)cc1. The topological polar surface area (TPSA) is 86.1 Å². The van der Waals surface area contributed by atoms with E-state index in [1.165, 1.54) is 17.8 Å². The van der Waals surface area contributed by atoms with Crippen molar-refractivity contribution in [1.82, 2.24) is 14.5 Å². The molecule has 3 heterocycles. The number of rotatable bonds is 7. The summed E-state index contributed by atoms with van der Waals surface area (Å²) >= 11 is 3.58. The third-order valence-electron chi connectivity index (χ3n) is 5.54. The number of benzene rings is 2. The normalized spacial score (nSPS) is 13.1. The van der Waals surface area contributed by atoms with Crippen molar-refractivity contribution in [2.75, 3.05) is 23.9 Å². The van der Waals surface area contributed by atoms with Crippen LogP contribution < -0.4 is 15.6 Å². The highest BCUT2D eigenvalue weighted by molar-refractivity contribution is 8.00. The summed E-state index contributed by atoms with van der Waals surface area (Å²) in [6.07, 6.45) is -3.77. The minimum atomic E-state index is -4.46. The number of thiazole rings is 1. The minimum absolute atomic E-state index is 0.0509. The highest BCUT2D eigenvalue weighted by Gasteiger charge is 2.31. The number of methoxy groups -OCH3 is 1. The molecule has 0 bridgehead atoms. The summed E-state index contributed by atoms with van der Waals surface area (Å²) in [5.74, 6) is 1.03. The van der Waals surface area contributed by atoms with Crippen molar-refractivity contribution in [2.45, 2.75) is 29.2 Å². The molecule has 0 fully saturated rings. The van der Waals surface area contributed by atoms with Gasteiger partial charge >= 0.3 is 6.18 Å². The van der Waals surface area contributed by atoms with E-state index in [-0.39, 0.29) is 23.0 Å². The van der Waals surface area contributed by atoms with Crippen LogP contribution in [0.2, 0.25) is 0 Å². The maximum atomic E-state index is 13.2. The Hall–Kier alpha value is -3.03. The van der Waals surface area contributed by atoms with Gasteiger partial charge in [-0.15, -0.1) is 11.8 Å².